The molecule has 1 aliphatic heterocycles. The molecule has 1 unspecified atom stereocenters. The Kier molecular flexibility index (Phi) is 4.15. The van der Waals surface area contributed by atoms with Gasteiger partial charge in [-0.1, -0.05) is 0 Å². The molecule has 92 valence electrons. The second-order valence-electron chi connectivity index (χ2n) is 4.35. The minimum absolute atomic E-state index is 0.104. The number of urea groups is 1. The maximum absolute atomic E-state index is 12.1. The van der Waals surface area contributed by atoms with E-state index < -0.39 is 12.0 Å². The van der Waals surface area contributed by atoms with Crippen molar-refractivity contribution in [3.63, 3.8) is 0 Å². The van der Waals surface area contributed by atoms with E-state index in [0.29, 0.717) is 19.5 Å². The van der Waals surface area contributed by atoms with E-state index in [9.17, 15) is 9.59 Å². The van der Waals surface area contributed by atoms with Crippen LogP contribution in [0.5, 0.6) is 0 Å². The first kappa shape index (κ1) is 12.8. The third kappa shape index (κ3) is 2.46. The zero-order valence-corrected chi connectivity index (χ0v) is 10.1. The first-order chi connectivity index (χ1) is 7.49. The summed E-state index contributed by atoms with van der Waals surface area (Å²) in [5, 5.41) is 9.01. The van der Waals surface area contributed by atoms with E-state index in [1.165, 1.54) is 4.90 Å². The molecule has 1 heterocycles. The molecule has 1 saturated heterocycles. The summed E-state index contributed by atoms with van der Waals surface area (Å²) < 4.78 is 0. The summed E-state index contributed by atoms with van der Waals surface area (Å²) in [6.07, 6.45) is 1.34. The predicted octanol–water partition coefficient (Wildman–Crippen LogP) is 1.39. The van der Waals surface area contributed by atoms with Crippen LogP contribution in [0.1, 0.15) is 33.6 Å². The zero-order valence-electron chi connectivity index (χ0n) is 10.1. The average molecular weight is 228 g/mol. The molecule has 1 fully saturated rings. The van der Waals surface area contributed by atoms with Crippen molar-refractivity contribution in [2.75, 3.05) is 13.1 Å². The molecular formula is C11H20N2O3. The van der Waals surface area contributed by atoms with E-state index in [-0.39, 0.29) is 12.1 Å². The smallest absolute Gasteiger partial charge is 0.326 e. The van der Waals surface area contributed by atoms with E-state index in [2.05, 4.69) is 0 Å². The largest absolute Gasteiger partial charge is 0.480 e. The fraction of sp³-hybridized carbons (Fsp3) is 0.818. The third-order valence-corrected chi connectivity index (χ3v) is 2.99. The van der Waals surface area contributed by atoms with Gasteiger partial charge in [-0.25, -0.2) is 9.59 Å². The third-order valence-electron chi connectivity index (χ3n) is 2.99. The van der Waals surface area contributed by atoms with Crippen LogP contribution in [-0.4, -0.2) is 52.1 Å². The second kappa shape index (κ2) is 5.18. The lowest BCUT2D eigenvalue weighted by atomic mass is 10.2. The van der Waals surface area contributed by atoms with Gasteiger partial charge in [-0.3, -0.25) is 0 Å². The zero-order chi connectivity index (χ0) is 12.3. The Morgan fingerprint density at radius 2 is 2.12 bits per heavy atom. The standard InChI is InChI=1S/C11H20N2O3/c1-4-12(8(2)3)11(16)13-7-5-6-9(13)10(14)15/h8-9H,4-7H2,1-3H3,(H,14,15). The van der Waals surface area contributed by atoms with Gasteiger partial charge in [0.25, 0.3) is 0 Å². The molecule has 0 saturated carbocycles. The van der Waals surface area contributed by atoms with Gasteiger partial charge in [-0.05, 0) is 33.6 Å². The second-order valence-corrected chi connectivity index (χ2v) is 4.35. The van der Waals surface area contributed by atoms with Crippen molar-refractivity contribution in [2.45, 2.75) is 45.7 Å². The number of carbonyl (C=O) groups excluding carboxylic acids is 1. The fourth-order valence-corrected chi connectivity index (χ4v) is 2.14. The predicted molar refractivity (Wildman–Crippen MR) is 60.3 cm³/mol. The van der Waals surface area contributed by atoms with Crippen LogP contribution in [-0.2, 0) is 4.79 Å². The van der Waals surface area contributed by atoms with Gasteiger partial charge in [-0.15, -0.1) is 0 Å². The Morgan fingerprint density at radius 1 is 1.50 bits per heavy atom. The number of aliphatic carboxylic acids is 1. The molecule has 1 atom stereocenters. The maximum atomic E-state index is 12.1. The molecule has 1 rings (SSSR count). The van der Waals surface area contributed by atoms with Crippen LogP contribution in [0.15, 0.2) is 0 Å². The highest BCUT2D eigenvalue weighted by Gasteiger charge is 2.36. The number of amides is 2. The number of likely N-dealkylation sites (tertiary alicyclic amines) is 1. The summed E-state index contributed by atoms with van der Waals surface area (Å²) >= 11 is 0. The molecule has 16 heavy (non-hydrogen) atoms. The number of carboxylic acids is 1. The average Bonchev–Trinajstić information content (AvgIpc) is 2.65. The van der Waals surface area contributed by atoms with E-state index in [0.717, 1.165) is 6.42 Å². The van der Waals surface area contributed by atoms with E-state index >= 15 is 0 Å². The van der Waals surface area contributed by atoms with Gasteiger partial charge < -0.3 is 14.9 Å². The van der Waals surface area contributed by atoms with Crippen LogP contribution in [0.4, 0.5) is 4.79 Å². The monoisotopic (exact) mass is 228 g/mol. The topological polar surface area (TPSA) is 60.9 Å². The molecule has 0 bridgehead atoms. The highest BCUT2D eigenvalue weighted by atomic mass is 16.4. The highest BCUT2D eigenvalue weighted by Crippen LogP contribution is 2.20. The number of rotatable bonds is 3. The van der Waals surface area contributed by atoms with Gasteiger partial charge >= 0.3 is 12.0 Å². The van der Waals surface area contributed by atoms with Gasteiger partial charge in [0, 0.05) is 19.1 Å². The van der Waals surface area contributed by atoms with Crippen molar-refractivity contribution >= 4 is 12.0 Å². The number of hydrogen-bond acceptors (Lipinski definition) is 2. The molecule has 0 spiro atoms. The summed E-state index contributed by atoms with van der Waals surface area (Å²) in [6, 6.07) is -0.685. The van der Waals surface area contributed by atoms with Crippen molar-refractivity contribution in [3.8, 4) is 0 Å². The lowest BCUT2D eigenvalue weighted by Crippen LogP contribution is -2.50. The van der Waals surface area contributed by atoms with Crippen LogP contribution in [0.2, 0.25) is 0 Å². The summed E-state index contributed by atoms with van der Waals surface area (Å²) in [7, 11) is 0. The van der Waals surface area contributed by atoms with E-state index in [1.807, 2.05) is 20.8 Å². The summed E-state index contributed by atoms with van der Waals surface area (Å²) in [5.41, 5.74) is 0. The van der Waals surface area contributed by atoms with Gasteiger partial charge in [0.15, 0.2) is 0 Å². The Morgan fingerprint density at radius 3 is 2.56 bits per heavy atom. The lowest BCUT2D eigenvalue weighted by Gasteiger charge is -2.32. The first-order valence-electron chi connectivity index (χ1n) is 5.79. The molecule has 0 aromatic rings. The van der Waals surface area contributed by atoms with Crippen molar-refractivity contribution in [2.24, 2.45) is 0 Å². The minimum atomic E-state index is -0.898. The minimum Gasteiger partial charge on any atom is -0.480 e. The Bertz CT molecular complexity index is 278. The molecule has 1 aliphatic rings. The molecule has 2 amide bonds. The molecule has 0 radical (unpaired) electrons. The maximum Gasteiger partial charge on any atom is 0.326 e. The Labute approximate surface area is 96.0 Å². The Balaban J connectivity index is 2.75. The molecule has 0 aliphatic carbocycles. The molecule has 0 aromatic heterocycles. The van der Waals surface area contributed by atoms with Crippen LogP contribution in [0, 0.1) is 0 Å². The number of carbonyl (C=O) groups is 2. The van der Waals surface area contributed by atoms with Crippen LogP contribution in [0.3, 0.4) is 0 Å². The molecule has 1 N–H and O–H groups in total. The van der Waals surface area contributed by atoms with Crippen molar-refractivity contribution in [3.05, 3.63) is 0 Å². The number of nitrogens with zero attached hydrogens (tertiary/aromatic N) is 2. The van der Waals surface area contributed by atoms with Gasteiger partial charge in [0.05, 0.1) is 0 Å². The molecular weight excluding hydrogens is 208 g/mol. The van der Waals surface area contributed by atoms with Gasteiger partial charge in [0.2, 0.25) is 0 Å². The van der Waals surface area contributed by atoms with Crippen molar-refractivity contribution < 1.29 is 14.7 Å². The summed E-state index contributed by atoms with van der Waals surface area (Å²) in [4.78, 5) is 26.3. The van der Waals surface area contributed by atoms with Crippen molar-refractivity contribution in [1.82, 2.24) is 9.80 Å². The lowest BCUT2D eigenvalue weighted by molar-refractivity contribution is -0.141. The highest BCUT2D eigenvalue weighted by molar-refractivity contribution is 5.83. The molecule has 5 heteroatoms. The fourth-order valence-electron chi connectivity index (χ4n) is 2.14. The summed E-state index contributed by atoms with van der Waals surface area (Å²) in [5.74, 6) is -0.898. The number of hydrogen-bond donors (Lipinski definition) is 1. The quantitative estimate of drug-likeness (QED) is 0.794. The van der Waals surface area contributed by atoms with Crippen LogP contribution >= 0.6 is 0 Å². The van der Waals surface area contributed by atoms with E-state index in [4.69, 9.17) is 5.11 Å². The van der Waals surface area contributed by atoms with Gasteiger partial charge in [0.1, 0.15) is 6.04 Å². The molecule has 0 aromatic carbocycles. The molecule has 5 nitrogen and oxygen atoms in total. The van der Waals surface area contributed by atoms with Crippen LogP contribution < -0.4 is 0 Å². The first-order valence-corrected chi connectivity index (χ1v) is 5.79. The number of carboxylic acid groups (broad SMARTS) is 1. The SMILES string of the molecule is CCN(C(=O)N1CCCC1C(=O)O)C(C)C. The van der Waals surface area contributed by atoms with Crippen molar-refractivity contribution in [1.29, 1.82) is 0 Å². The normalized spacial score (nSPS) is 20.2. The van der Waals surface area contributed by atoms with E-state index in [1.54, 1.807) is 4.90 Å². The summed E-state index contributed by atoms with van der Waals surface area (Å²) in [6.45, 7) is 6.95. The Hall–Kier alpha value is -1.26. The van der Waals surface area contributed by atoms with Gasteiger partial charge in [-0.2, -0.15) is 0 Å². The van der Waals surface area contributed by atoms with Crippen LogP contribution in [0.25, 0.3) is 0 Å².